The largest absolute Gasteiger partial charge is 0.416 e. The molecule has 1 aromatic heterocycles. The van der Waals surface area contributed by atoms with Crippen LogP contribution in [0.15, 0.2) is 48.5 Å². The monoisotopic (exact) mass is 483 g/mol. The van der Waals surface area contributed by atoms with E-state index in [-0.39, 0.29) is 17.2 Å². The molecule has 184 valence electrons. The van der Waals surface area contributed by atoms with Gasteiger partial charge in [0.25, 0.3) is 0 Å². The van der Waals surface area contributed by atoms with Crippen LogP contribution in [0, 0.1) is 11.2 Å². The summed E-state index contributed by atoms with van der Waals surface area (Å²) in [4.78, 5) is 5.08. The van der Waals surface area contributed by atoms with Gasteiger partial charge in [0.2, 0.25) is 0 Å². The van der Waals surface area contributed by atoms with Crippen LogP contribution in [0.5, 0.6) is 0 Å². The molecular weight excluding hydrogens is 454 g/mol. The van der Waals surface area contributed by atoms with Crippen molar-refractivity contribution in [2.45, 2.75) is 70.6 Å². The van der Waals surface area contributed by atoms with Crippen molar-refractivity contribution >= 4 is 0 Å². The van der Waals surface area contributed by atoms with Gasteiger partial charge in [-0.05, 0) is 90.0 Å². The van der Waals surface area contributed by atoms with Gasteiger partial charge in [0, 0.05) is 17.0 Å². The zero-order valence-corrected chi connectivity index (χ0v) is 19.9. The van der Waals surface area contributed by atoms with Gasteiger partial charge in [0.1, 0.15) is 5.82 Å². The van der Waals surface area contributed by atoms with Crippen LogP contribution < -0.4 is 0 Å². The first-order chi connectivity index (χ1) is 16.6. The molecule has 2 aliphatic carbocycles. The highest BCUT2D eigenvalue weighted by atomic mass is 19.4. The second kappa shape index (κ2) is 8.74. The predicted octanol–water partition coefficient (Wildman–Crippen LogP) is 7.77. The highest BCUT2D eigenvalue weighted by Crippen LogP contribution is 2.55. The summed E-state index contributed by atoms with van der Waals surface area (Å²) in [7, 11) is 0. The molecule has 1 atom stereocenters. The van der Waals surface area contributed by atoms with Crippen LogP contribution in [0.4, 0.5) is 17.6 Å². The summed E-state index contributed by atoms with van der Waals surface area (Å²) in [6, 6.07) is 11.4. The van der Waals surface area contributed by atoms with Crippen LogP contribution in [-0.4, -0.2) is 10.1 Å². The molecule has 0 bridgehead atoms. The molecular formula is C29H29F4NO. The van der Waals surface area contributed by atoms with Gasteiger partial charge in [-0.1, -0.05) is 44.5 Å². The number of benzene rings is 2. The fraction of sp³-hybridized carbons (Fsp3) is 0.414. The van der Waals surface area contributed by atoms with E-state index in [1.807, 2.05) is 0 Å². The molecule has 3 aromatic rings. The molecule has 1 saturated carbocycles. The summed E-state index contributed by atoms with van der Waals surface area (Å²) < 4.78 is 53.1. The van der Waals surface area contributed by atoms with Crippen LogP contribution >= 0.6 is 0 Å². The number of pyridine rings is 1. The molecule has 2 aliphatic rings. The van der Waals surface area contributed by atoms with Crippen molar-refractivity contribution in [3.8, 4) is 11.1 Å². The average molecular weight is 484 g/mol. The molecule has 0 aliphatic heterocycles. The maximum absolute atomic E-state index is 13.8. The Morgan fingerprint density at radius 3 is 2.23 bits per heavy atom. The normalized spacial score (nSPS) is 19.0. The Labute approximate surface area is 203 Å². The lowest BCUT2D eigenvalue weighted by Crippen LogP contribution is -2.38. The average Bonchev–Trinajstić information content (AvgIpc) is 2.78. The lowest BCUT2D eigenvalue weighted by Gasteiger charge is -2.47. The number of fused-ring (bicyclic) bond motifs is 1. The van der Waals surface area contributed by atoms with Gasteiger partial charge >= 0.3 is 6.18 Å². The van der Waals surface area contributed by atoms with Crippen molar-refractivity contribution < 1.29 is 22.7 Å². The molecule has 1 spiro atoms. The van der Waals surface area contributed by atoms with E-state index in [4.69, 9.17) is 4.98 Å². The fourth-order valence-corrected chi connectivity index (χ4v) is 5.82. The van der Waals surface area contributed by atoms with E-state index in [1.165, 1.54) is 24.3 Å². The molecule has 2 aromatic carbocycles. The second-order valence-electron chi connectivity index (χ2n) is 10.5. The number of hydrogen-bond donors (Lipinski definition) is 1. The number of halogens is 4. The molecule has 0 unspecified atom stereocenters. The number of nitrogens with zero attached hydrogens (tertiary/aromatic N) is 1. The van der Waals surface area contributed by atoms with E-state index >= 15 is 0 Å². The molecule has 35 heavy (non-hydrogen) atoms. The van der Waals surface area contributed by atoms with Crippen molar-refractivity contribution in [1.82, 2.24) is 4.98 Å². The van der Waals surface area contributed by atoms with Crippen LogP contribution in [0.2, 0.25) is 0 Å². The predicted molar refractivity (Wildman–Crippen MR) is 128 cm³/mol. The molecule has 0 radical (unpaired) electrons. The molecule has 2 nitrogen and oxygen atoms in total. The number of aliphatic hydroxyl groups is 1. The second-order valence-corrected chi connectivity index (χ2v) is 10.5. The van der Waals surface area contributed by atoms with Gasteiger partial charge in [-0.2, -0.15) is 13.2 Å². The van der Waals surface area contributed by atoms with Crippen LogP contribution in [0.3, 0.4) is 0 Å². The highest BCUT2D eigenvalue weighted by molar-refractivity contribution is 5.74. The summed E-state index contributed by atoms with van der Waals surface area (Å²) in [5, 5.41) is 11.4. The Balaban J connectivity index is 1.69. The molecule has 6 heteroatoms. The van der Waals surface area contributed by atoms with Crippen molar-refractivity contribution in [2.24, 2.45) is 5.41 Å². The van der Waals surface area contributed by atoms with Gasteiger partial charge in [-0.15, -0.1) is 0 Å². The molecule has 5 rings (SSSR count). The van der Waals surface area contributed by atoms with Crippen molar-refractivity contribution in [3.05, 3.63) is 88.0 Å². The summed E-state index contributed by atoms with van der Waals surface area (Å²) in [6.07, 6.45) is 0.120. The van der Waals surface area contributed by atoms with Crippen LogP contribution in [0.25, 0.3) is 11.1 Å². The maximum atomic E-state index is 13.8. The van der Waals surface area contributed by atoms with E-state index in [0.29, 0.717) is 12.8 Å². The zero-order chi connectivity index (χ0) is 25.0. The van der Waals surface area contributed by atoms with Crippen LogP contribution in [-0.2, 0) is 19.0 Å². The molecule has 1 heterocycles. The first kappa shape index (κ1) is 24.0. The molecule has 0 amide bonds. The Morgan fingerprint density at radius 1 is 1.03 bits per heavy atom. The number of aliphatic hydroxyl groups excluding tert-OH is 1. The third-order valence-electron chi connectivity index (χ3n) is 7.70. The highest BCUT2D eigenvalue weighted by Gasteiger charge is 2.45. The van der Waals surface area contributed by atoms with E-state index in [0.717, 1.165) is 77.0 Å². The summed E-state index contributed by atoms with van der Waals surface area (Å²) in [5.74, 6) is -0.278. The van der Waals surface area contributed by atoms with E-state index in [2.05, 4.69) is 13.8 Å². The Kier molecular flexibility index (Phi) is 5.99. The molecule has 0 saturated heterocycles. The van der Waals surface area contributed by atoms with Crippen LogP contribution in [0.1, 0.15) is 85.2 Å². The van der Waals surface area contributed by atoms with E-state index in [9.17, 15) is 22.7 Å². The molecule has 1 N–H and O–H groups in total. The number of aromatic nitrogens is 1. The SMILES string of the molecule is CC(C)c1nc2c(c(-c3ccc(F)cc3)c1Cc1ccc(C(F)(F)F)cc1)[C@@H](O)CC1(CCC1)C2. The van der Waals surface area contributed by atoms with E-state index < -0.39 is 17.8 Å². The van der Waals surface area contributed by atoms with Crippen molar-refractivity contribution in [3.63, 3.8) is 0 Å². The number of alkyl halides is 3. The Hall–Kier alpha value is -2.73. The van der Waals surface area contributed by atoms with Gasteiger partial charge in [-0.3, -0.25) is 4.98 Å². The Bertz CT molecular complexity index is 1230. The summed E-state index contributed by atoms with van der Waals surface area (Å²) in [5.41, 5.74) is 5.24. The fourth-order valence-electron chi connectivity index (χ4n) is 5.82. The number of hydrogen-bond acceptors (Lipinski definition) is 2. The third kappa shape index (κ3) is 4.49. The van der Waals surface area contributed by atoms with Crippen molar-refractivity contribution in [1.29, 1.82) is 0 Å². The van der Waals surface area contributed by atoms with E-state index in [1.54, 1.807) is 12.1 Å². The quantitative estimate of drug-likeness (QED) is 0.385. The standard InChI is InChI=1S/C29H29F4NO/c1-17(2)27-22(14-18-4-8-20(9-5-18)29(31,32)33)25(19-6-10-21(30)11-7-19)26-23(34-27)15-28(12-3-13-28)16-24(26)35/h4-11,17,24,35H,3,12-16H2,1-2H3/t24-/m0/s1. The smallest absolute Gasteiger partial charge is 0.388 e. The van der Waals surface area contributed by atoms with Crippen molar-refractivity contribution in [2.75, 3.05) is 0 Å². The van der Waals surface area contributed by atoms with Gasteiger partial charge < -0.3 is 5.11 Å². The lowest BCUT2D eigenvalue weighted by atomic mass is 9.59. The summed E-state index contributed by atoms with van der Waals surface area (Å²) >= 11 is 0. The maximum Gasteiger partial charge on any atom is 0.416 e. The molecule has 1 fully saturated rings. The lowest BCUT2D eigenvalue weighted by molar-refractivity contribution is -0.137. The minimum absolute atomic E-state index is 0.0698. The van der Waals surface area contributed by atoms with Gasteiger partial charge in [0.05, 0.1) is 11.7 Å². The van der Waals surface area contributed by atoms with Gasteiger partial charge in [-0.25, -0.2) is 4.39 Å². The topological polar surface area (TPSA) is 33.1 Å². The first-order valence-corrected chi connectivity index (χ1v) is 12.2. The summed E-state index contributed by atoms with van der Waals surface area (Å²) in [6.45, 7) is 4.11. The Morgan fingerprint density at radius 2 is 1.69 bits per heavy atom. The minimum atomic E-state index is -4.39. The minimum Gasteiger partial charge on any atom is -0.388 e. The first-order valence-electron chi connectivity index (χ1n) is 12.2. The zero-order valence-electron chi connectivity index (χ0n) is 19.9. The third-order valence-corrected chi connectivity index (χ3v) is 7.70. The van der Waals surface area contributed by atoms with Gasteiger partial charge in [0.15, 0.2) is 0 Å². The number of rotatable bonds is 4.